The molecule has 2 heterocycles. The molecular weight excluding hydrogens is 349 g/mol. The van der Waals surface area contributed by atoms with Gasteiger partial charge in [0.15, 0.2) is 11.5 Å². The highest BCUT2D eigenvalue weighted by atomic mass is 19.4. The van der Waals surface area contributed by atoms with Gasteiger partial charge in [0.2, 0.25) is 0 Å². The zero-order valence-electron chi connectivity index (χ0n) is 13.7. The van der Waals surface area contributed by atoms with Gasteiger partial charge in [0.05, 0.1) is 5.56 Å². The third kappa shape index (κ3) is 4.04. The Balaban J connectivity index is 1.62. The number of halogens is 3. The molecule has 3 rings (SSSR count). The van der Waals surface area contributed by atoms with E-state index in [0.717, 1.165) is 6.07 Å². The Morgan fingerprint density at radius 1 is 1.12 bits per heavy atom. The second-order valence-electron chi connectivity index (χ2n) is 6.03. The van der Waals surface area contributed by atoms with Gasteiger partial charge >= 0.3 is 12.1 Å². The van der Waals surface area contributed by atoms with E-state index in [1.54, 1.807) is 12.1 Å². The van der Waals surface area contributed by atoms with E-state index in [0.29, 0.717) is 31.7 Å². The van der Waals surface area contributed by atoms with Gasteiger partial charge in [0.1, 0.15) is 0 Å². The number of benzene rings is 1. The van der Waals surface area contributed by atoms with Gasteiger partial charge in [-0.2, -0.15) is 13.2 Å². The molecule has 1 fully saturated rings. The van der Waals surface area contributed by atoms with Crippen LogP contribution in [0, 0.1) is 0 Å². The van der Waals surface area contributed by atoms with Gasteiger partial charge in [0.25, 0.3) is 0 Å². The molecule has 0 bridgehead atoms. The lowest BCUT2D eigenvalue weighted by Crippen LogP contribution is -2.40. The molecule has 2 aromatic rings. The molecule has 0 spiro atoms. The number of carboxylic acids is 1. The van der Waals surface area contributed by atoms with Crippen LogP contribution in [0.5, 0.6) is 0 Å². The number of carbonyl (C=O) groups is 1. The van der Waals surface area contributed by atoms with Gasteiger partial charge in [-0.25, -0.2) is 4.79 Å². The topological polar surface area (TPSA) is 78.4 Å². The van der Waals surface area contributed by atoms with Gasteiger partial charge < -0.3 is 15.3 Å². The summed E-state index contributed by atoms with van der Waals surface area (Å²) in [6, 6.07) is 8.34. The van der Waals surface area contributed by atoms with Gasteiger partial charge in [-0.15, -0.1) is 10.2 Å². The van der Waals surface area contributed by atoms with Gasteiger partial charge in [-0.1, -0.05) is 12.1 Å². The molecule has 1 aliphatic heterocycles. The van der Waals surface area contributed by atoms with Crippen LogP contribution < -0.4 is 10.2 Å². The number of para-hydroxylation sites is 1. The van der Waals surface area contributed by atoms with Gasteiger partial charge in [-0.05, 0) is 37.1 Å². The fourth-order valence-electron chi connectivity index (χ4n) is 2.94. The lowest BCUT2D eigenvalue weighted by Gasteiger charge is -2.33. The number of rotatable bonds is 4. The first-order chi connectivity index (χ1) is 12.3. The maximum Gasteiger partial charge on any atom is 0.418 e. The molecule has 0 atom stereocenters. The van der Waals surface area contributed by atoms with Crippen LogP contribution in [0.3, 0.4) is 0 Å². The molecule has 0 radical (unpaired) electrons. The number of nitrogens with one attached hydrogen (secondary N) is 1. The van der Waals surface area contributed by atoms with Crippen molar-refractivity contribution >= 4 is 17.5 Å². The molecule has 6 nitrogen and oxygen atoms in total. The van der Waals surface area contributed by atoms with E-state index < -0.39 is 17.7 Å². The standard InChI is InChI=1S/C17H17F3N4O2/c18-17(19,20)12-3-1-2-4-13(12)21-11-7-9-24(10-8-11)15-6-5-14(16(25)26)22-23-15/h1-6,11,21H,7-10H2,(H,25,26). The number of aromatic nitrogens is 2. The van der Waals surface area contributed by atoms with Gasteiger partial charge in [0, 0.05) is 24.8 Å². The van der Waals surface area contributed by atoms with E-state index in [4.69, 9.17) is 5.11 Å². The summed E-state index contributed by atoms with van der Waals surface area (Å²) in [5, 5.41) is 19.4. The molecule has 9 heteroatoms. The van der Waals surface area contributed by atoms with Crippen molar-refractivity contribution in [2.24, 2.45) is 0 Å². The minimum Gasteiger partial charge on any atom is -0.476 e. The largest absolute Gasteiger partial charge is 0.476 e. The van der Waals surface area contributed by atoms with Crippen molar-refractivity contribution in [3.63, 3.8) is 0 Å². The van der Waals surface area contributed by atoms with Gasteiger partial charge in [-0.3, -0.25) is 0 Å². The Labute approximate surface area is 147 Å². The fourth-order valence-corrected chi connectivity index (χ4v) is 2.94. The quantitative estimate of drug-likeness (QED) is 0.865. The zero-order valence-corrected chi connectivity index (χ0v) is 13.7. The lowest BCUT2D eigenvalue weighted by atomic mass is 10.0. The van der Waals surface area contributed by atoms with E-state index >= 15 is 0 Å². The average Bonchev–Trinajstić information content (AvgIpc) is 2.62. The molecule has 2 N–H and O–H groups in total. The SMILES string of the molecule is O=C(O)c1ccc(N2CCC(Nc3ccccc3C(F)(F)F)CC2)nn1. The van der Waals surface area contributed by atoms with Crippen LogP contribution in [-0.2, 0) is 6.18 Å². The maximum atomic E-state index is 13.1. The van der Waals surface area contributed by atoms with Crippen molar-refractivity contribution < 1.29 is 23.1 Å². The molecular formula is C17H17F3N4O2. The van der Waals surface area contributed by atoms with Crippen LogP contribution in [0.2, 0.25) is 0 Å². The number of anilines is 2. The summed E-state index contributed by atoms with van der Waals surface area (Å²) in [4.78, 5) is 12.7. The third-order valence-corrected chi connectivity index (χ3v) is 4.28. The summed E-state index contributed by atoms with van der Waals surface area (Å²) >= 11 is 0. The summed E-state index contributed by atoms with van der Waals surface area (Å²) < 4.78 is 39.2. The fraction of sp³-hybridized carbons (Fsp3) is 0.353. The molecule has 1 aromatic heterocycles. The number of carboxylic acid groups (broad SMARTS) is 1. The monoisotopic (exact) mass is 366 g/mol. The molecule has 1 aliphatic rings. The Morgan fingerprint density at radius 2 is 1.81 bits per heavy atom. The summed E-state index contributed by atoms with van der Waals surface area (Å²) in [6.07, 6.45) is -3.13. The molecule has 0 saturated carbocycles. The first-order valence-corrected chi connectivity index (χ1v) is 8.09. The second-order valence-corrected chi connectivity index (χ2v) is 6.03. The highest BCUT2D eigenvalue weighted by Crippen LogP contribution is 2.35. The summed E-state index contributed by atoms with van der Waals surface area (Å²) in [6.45, 7) is 1.18. The minimum atomic E-state index is -4.40. The van der Waals surface area contributed by atoms with E-state index in [1.165, 1.54) is 18.2 Å². The Kier molecular flexibility index (Phi) is 4.97. The van der Waals surface area contributed by atoms with Crippen LogP contribution in [0.4, 0.5) is 24.7 Å². The predicted molar refractivity (Wildman–Crippen MR) is 89.3 cm³/mol. The molecule has 1 aromatic carbocycles. The molecule has 0 amide bonds. The van der Waals surface area contributed by atoms with Crippen molar-refractivity contribution in [3.05, 3.63) is 47.7 Å². The summed E-state index contributed by atoms with van der Waals surface area (Å²) in [5.41, 5.74) is -0.712. The molecule has 138 valence electrons. The Bertz CT molecular complexity index is 772. The zero-order chi connectivity index (χ0) is 18.7. The highest BCUT2D eigenvalue weighted by Gasteiger charge is 2.34. The van der Waals surface area contributed by atoms with E-state index in [-0.39, 0.29) is 17.4 Å². The number of hydrogen-bond donors (Lipinski definition) is 2. The summed E-state index contributed by atoms with van der Waals surface area (Å²) in [5.74, 6) is -0.584. The normalized spacial score (nSPS) is 15.7. The van der Waals surface area contributed by atoms with Crippen LogP contribution in [-0.4, -0.2) is 40.4 Å². The Hall–Kier alpha value is -2.84. The second kappa shape index (κ2) is 7.19. The first kappa shape index (κ1) is 18.0. The van der Waals surface area contributed by atoms with Crippen molar-refractivity contribution in [1.29, 1.82) is 0 Å². The van der Waals surface area contributed by atoms with Crippen LogP contribution in [0.1, 0.15) is 28.9 Å². The number of piperidine rings is 1. The maximum absolute atomic E-state index is 13.1. The van der Waals surface area contributed by atoms with E-state index in [1.807, 2.05) is 4.90 Å². The average molecular weight is 366 g/mol. The predicted octanol–water partition coefficient (Wildman–Crippen LogP) is 3.27. The molecule has 1 saturated heterocycles. The number of aromatic carboxylic acids is 1. The Morgan fingerprint density at radius 3 is 2.38 bits per heavy atom. The molecule has 0 unspecified atom stereocenters. The lowest BCUT2D eigenvalue weighted by molar-refractivity contribution is -0.137. The van der Waals surface area contributed by atoms with Crippen molar-refractivity contribution in [1.82, 2.24) is 10.2 Å². The number of alkyl halides is 3. The smallest absolute Gasteiger partial charge is 0.418 e. The van der Waals surface area contributed by atoms with Crippen LogP contribution in [0.15, 0.2) is 36.4 Å². The van der Waals surface area contributed by atoms with Crippen molar-refractivity contribution in [3.8, 4) is 0 Å². The number of nitrogens with zero attached hydrogens (tertiary/aromatic N) is 3. The highest BCUT2D eigenvalue weighted by molar-refractivity contribution is 5.85. The molecule has 0 aliphatic carbocycles. The van der Waals surface area contributed by atoms with Crippen LogP contribution in [0.25, 0.3) is 0 Å². The number of hydrogen-bond acceptors (Lipinski definition) is 5. The van der Waals surface area contributed by atoms with E-state index in [2.05, 4.69) is 15.5 Å². The van der Waals surface area contributed by atoms with Crippen molar-refractivity contribution in [2.45, 2.75) is 25.1 Å². The molecule has 26 heavy (non-hydrogen) atoms. The first-order valence-electron chi connectivity index (χ1n) is 8.09. The van der Waals surface area contributed by atoms with Crippen molar-refractivity contribution in [2.75, 3.05) is 23.3 Å². The minimum absolute atomic E-state index is 0.0824. The van der Waals surface area contributed by atoms with Crippen LogP contribution >= 0.6 is 0 Å². The van der Waals surface area contributed by atoms with E-state index in [9.17, 15) is 18.0 Å². The third-order valence-electron chi connectivity index (χ3n) is 4.28. The summed E-state index contributed by atoms with van der Waals surface area (Å²) in [7, 11) is 0.